The first kappa shape index (κ1) is 14.5. The van der Waals surface area contributed by atoms with E-state index in [9.17, 15) is 0 Å². The number of hydrogen-bond acceptors (Lipinski definition) is 1. The lowest BCUT2D eigenvalue weighted by molar-refractivity contribution is 0.475. The van der Waals surface area contributed by atoms with Crippen molar-refractivity contribution in [3.8, 4) is 0 Å². The Hall–Kier alpha value is -0.530. The van der Waals surface area contributed by atoms with Gasteiger partial charge >= 0.3 is 0 Å². The number of aryl methyl sites for hydroxylation is 3. The molecule has 0 heterocycles. The van der Waals surface area contributed by atoms with Gasteiger partial charge in [-0.1, -0.05) is 26.0 Å². The van der Waals surface area contributed by atoms with Crippen LogP contribution >= 0.6 is 11.6 Å². The first-order chi connectivity index (χ1) is 7.88. The largest absolute Gasteiger partial charge is 0.315 e. The Bertz CT molecular complexity index is 383. The molecule has 17 heavy (non-hydrogen) atoms. The predicted molar refractivity (Wildman–Crippen MR) is 77.3 cm³/mol. The van der Waals surface area contributed by atoms with Crippen LogP contribution < -0.4 is 5.32 Å². The molecule has 0 saturated heterocycles. The molecule has 0 fully saturated rings. The molecule has 0 bridgehead atoms. The number of halogens is 1. The van der Waals surface area contributed by atoms with Crippen LogP contribution in [0, 0.1) is 20.8 Å². The number of benzene rings is 1. The normalized spacial score (nSPS) is 11.9. The van der Waals surface area contributed by atoms with Crippen LogP contribution in [-0.2, 0) is 5.41 Å². The van der Waals surface area contributed by atoms with E-state index in [0.29, 0.717) is 5.88 Å². The molecule has 2 heteroatoms. The minimum absolute atomic E-state index is 0.147. The summed E-state index contributed by atoms with van der Waals surface area (Å²) >= 11 is 5.69. The molecule has 1 N–H and O–H groups in total. The molecule has 96 valence electrons. The van der Waals surface area contributed by atoms with Crippen LogP contribution in [0.15, 0.2) is 12.1 Å². The quantitative estimate of drug-likeness (QED) is 0.623. The smallest absolute Gasteiger partial charge is 0.0348 e. The van der Waals surface area contributed by atoms with Crippen LogP contribution in [0.2, 0.25) is 0 Å². The first-order valence-corrected chi connectivity index (χ1v) is 6.77. The molecule has 0 aliphatic heterocycles. The van der Waals surface area contributed by atoms with Crippen molar-refractivity contribution in [1.29, 1.82) is 0 Å². The van der Waals surface area contributed by atoms with Crippen LogP contribution in [0.25, 0.3) is 0 Å². The lowest BCUT2D eigenvalue weighted by Crippen LogP contribution is -2.34. The van der Waals surface area contributed by atoms with Crippen molar-refractivity contribution >= 4 is 11.6 Å². The summed E-state index contributed by atoms with van der Waals surface area (Å²) < 4.78 is 0. The Morgan fingerprint density at radius 1 is 1.06 bits per heavy atom. The van der Waals surface area contributed by atoms with E-state index in [1.165, 1.54) is 22.3 Å². The summed E-state index contributed by atoms with van der Waals surface area (Å²) in [6.07, 6.45) is 0. The monoisotopic (exact) mass is 253 g/mol. The van der Waals surface area contributed by atoms with Gasteiger partial charge in [-0.3, -0.25) is 0 Å². The van der Waals surface area contributed by atoms with Gasteiger partial charge in [-0.15, -0.1) is 11.6 Å². The number of rotatable bonds is 5. The zero-order valence-electron chi connectivity index (χ0n) is 11.7. The van der Waals surface area contributed by atoms with E-state index in [1.807, 2.05) is 0 Å². The first-order valence-electron chi connectivity index (χ1n) is 6.23. The maximum absolute atomic E-state index is 5.69. The van der Waals surface area contributed by atoms with Crippen LogP contribution in [-0.4, -0.2) is 19.0 Å². The Morgan fingerprint density at radius 3 is 2.24 bits per heavy atom. The molecule has 0 amide bonds. The van der Waals surface area contributed by atoms with Gasteiger partial charge in [-0.2, -0.15) is 0 Å². The van der Waals surface area contributed by atoms with Gasteiger partial charge in [-0.25, -0.2) is 0 Å². The lowest BCUT2D eigenvalue weighted by Gasteiger charge is -2.28. The van der Waals surface area contributed by atoms with Gasteiger partial charge in [0.2, 0.25) is 0 Å². The molecule has 1 rings (SSSR count). The fourth-order valence-corrected chi connectivity index (χ4v) is 2.39. The fourth-order valence-electron chi connectivity index (χ4n) is 2.25. The molecule has 0 spiro atoms. The van der Waals surface area contributed by atoms with Gasteiger partial charge in [-0.05, 0) is 43.0 Å². The van der Waals surface area contributed by atoms with Crippen molar-refractivity contribution in [2.75, 3.05) is 19.0 Å². The SMILES string of the molecule is Cc1cc(C)c(C(C)(C)CNCCCl)cc1C. The van der Waals surface area contributed by atoms with E-state index in [1.54, 1.807) is 0 Å². The zero-order chi connectivity index (χ0) is 13.1. The second kappa shape index (κ2) is 5.88. The summed E-state index contributed by atoms with van der Waals surface area (Å²) in [5, 5.41) is 3.40. The lowest BCUT2D eigenvalue weighted by atomic mass is 9.80. The van der Waals surface area contributed by atoms with E-state index < -0.39 is 0 Å². The van der Waals surface area contributed by atoms with Crippen LogP contribution in [0.3, 0.4) is 0 Å². The maximum atomic E-state index is 5.69. The molecule has 0 aliphatic carbocycles. The summed E-state index contributed by atoms with van der Waals surface area (Å²) in [6, 6.07) is 4.61. The van der Waals surface area contributed by atoms with E-state index in [4.69, 9.17) is 11.6 Å². The van der Waals surface area contributed by atoms with Crippen molar-refractivity contribution in [2.24, 2.45) is 0 Å². The Labute approximate surface area is 111 Å². The Morgan fingerprint density at radius 2 is 1.65 bits per heavy atom. The molecule has 0 aliphatic rings. The van der Waals surface area contributed by atoms with Crippen molar-refractivity contribution in [2.45, 2.75) is 40.0 Å². The van der Waals surface area contributed by atoms with Gasteiger partial charge in [0.25, 0.3) is 0 Å². The summed E-state index contributed by atoms with van der Waals surface area (Å²) in [4.78, 5) is 0. The van der Waals surface area contributed by atoms with Crippen LogP contribution in [0.1, 0.15) is 36.1 Å². The average molecular weight is 254 g/mol. The Kier molecular flexibility index (Phi) is 5.03. The standard InChI is InChI=1S/C15H24ClN/c1-11-8-13(3)14(9-12(11)2)15(4,5)10-17-7-6-16/h8-9,17H,6-7,10H2,1-5H3. The minimum Gasteiger partial charge on any atom is -0.315 e. The van der Waals surface area contributed by atoms with Crippen molar-refractivity contribution in [1.82, 2.24) is 5.32 Å². The summed E-state index contributed by atoms with van der Waals surface area (Å²) in [5.74, 6) is 0.669. The molecule has 1 aromatic carbocycles. The minimum atomic E-state index is 0.147. The summed E-state index contributed by atoms with van der Waals surface area (Å²) in [5.41, 5.74) is 5.70. The van der Waals surface area contributed by atoms with Crippen molar-refractivity contribution in [3.63, 3.8) is 0 Å². The number of alkyl halides is 1. The maximum Gasteiger partial charge on any atom is 0.0348 e. The van der Waals surface area contributed by atoms with Crippen LogP contribution in [0.4, 0.5) is 0 Å². The molecule has 1 aromatic rings. The van der Waals surface area contributed by atoms with Gasteiger partial charge in [0.05, 0.1) is 0 Å². The van der Waals surface area contributed by atoms with Crippen LogP contribution in [0.5, 0.6) is 0 Å². The second-order valence-electron chi connectivity index (χ2n) is 5.50. The summed E-state index contributed by atoms with van der Waals surface area (Å²) in [6.45, 7) is 12.9. The molecule has 1 nitrogen and oxygen atoms in total. The van der Waals surface area contributed by atoms with E-state index in [-0.39, 0.29) is 5.41 Å². The third kappa shape index (κ3) is 3.72. The highest BCUT2D eigenvalue weighted by molar-refractivity contribution is 6.18. The summed E-state index contributed by atoms with van der Waals surface area (Å²) in [7, 11) is 0. The Balaban J connectivity index is 2.93. The second-order valence-corrected chi connectivity index (χ2v) is 5.88. The van der Waals surface area contributed by atoms with Gasteiger partial charge < -0.3 is 5.32 Å². The van der Waals surface area contributed by atoms with Gasteiger partial charge in [0.1, 0.15) is 0 Å². The van der Waals surface area contributed by atoms with E-state index in [2.05, 4.69) is 52.1 Å². The van der Waals surface area contributed by atoms with E-state index >= 15 is 0 Å². The third-order valence-electron chi connectivity index (χ3n) is 3.41. The number of hydrogen-bond donors (Lipinski definition) is 1. The molecule has 0 aromatic heterocycles. The molecular formula is C15H24ClN. The topological polar surface area (TPSA) is 12.0 Å². The predicted octanol–water partition coefficient (Wildman–Crippen LogP) is 3.72. The molecule has 0 atom stereocenters. The third-order valence-corrected chi connectivity index (χ3v) is 3.60. The molecule has 0 radical (unpaired) electrons. The van der Waals surface area contributed by atoms with Gasteiger partial charge in [0.15, 0.2) is 0 Å². The highest BCUT2D eigenvalue weighted by Gasteiger charge is 2.22. The zero-order valence-corrected chi connectivity index (χ0v) is 12.4. The molecule has 0 saturated carbocycles. The van der Waals surface area contributed by atoms with Crippen molar-refractivity contribution < 1.29 is 0 Å². The van der Waals surface area contributed by atoms with E-state index in [0.717, 1.165) is 13.1 Å². The number of nitrogens with one attached hydrogen (secondary N) is 1. The fraction of sp³-hybridized carbons (Fsp3) is 0.600. The highest BCUT2D eigenvalue weighted by Crippen LogP contribution is 2.28. The van der Waals surface area contributed by atoms with Gasteiger partial charge in [0, 0.05) is 24.4 Å². The van der Waals surface area contributed by atoms with Crippen molar-refractivity contribution in [3.05, 3.63) is 34.4 Å². The molecule has 0 unspecified atom stereocenters. The molecular weight excluding hydrogens is 230 g/mol. The average Bonchev–Trinajstić information content (AvgIpc) is 2.23. The highest BCUT2D eigenvalue weighted by atomic mass is 35.5.